The number of halogens is 1. The molecule has 0 unspecified atom stereocenters. The summed E-state index contributed by atoms with van der Waals surface area (Å²) in [6.07, 6.45) is 0.960. The van der Waals surface area contributed by atoms with Crippen molar-refractivity contribution in [1.29, 1.82) is 0 Å². The van der Waals surface area contributed by atoms with E-state index in [1.54, 1.807) is 38.1 Å². The van der Waals surface area contributed by atoms with E-state index in [9.17, 15) is 9.59 Å². The number of esters is 1. The lowest BCUT2D eigenvalue weighted by molar-refractivity contribution is -0.138. The number of ether oxygens (including phenoxy) is 3. The van der Waals surface area contributed by atoms with Crippen LogP contribution in [0.4, 0.5) is 0 Å². The number of dihydropyridines is 1. The van der Waals surface area contributed by atoms with Gasteiger partial charge in [-0.05, 0) is 60.4 Å². The highest BCUT2D eigenvalue weighted by Crippen LogP contribution is 2.46. The average Bonchev–Trinajstić information content (AvgIpc) is 2.90. The van der Waals surface area contributed by atoms with Crippen LogP contribution in [-0.4, -0.2) is 44.1 Å². The average molecular weight is 542 g/mol. The van der Waals surface area contributed by atoms with Crippen molar-refractivity contribution in [2.75, 3.05) is 32.3 Å². The summed E-state index contributed by atoms with van der Waals surface area (Å²) in [5.74, 6) is 2.02. The molecular formula is C29H32ClNO5S. The number of carbonyl (C=O) groups is 2. The summed E-state index contributed by atoms with van der Waals surface area (Å²) in [6, 6.07) is 13.1. The second-order valence-electron chi connectivity index (χ2n) is 9.02. The molecule has 2 aromatic carbocycles. The van der Waals surface area contributed by atoms with Crippen LogP contribution < -0.4 is 14.8 Å². The lowest BCUT2D eigenvalue weighted by atomic mass is 9.71. The summed E-state index contributed by atoms with van der Waals surface area (Å²) in [7, 11) is 3.20. The maximum Gasteiger partial charge on any atom is 0.336 e. The predicted molar refractivity (Wildman–Crippen MR) is 148 cm³/mol. The van der Waals surface area contributed by atoms with Crippen LogP contribution in [0.3, 0.4) is 0 Å². The molecule has 0 amide bonds. The van der Waals surface area contributed by atoms with Crippen LogP contribution in [0.1, 0.15) is 49.7 Å². The van der Waals surface area contributed by atoms with Gasteiger partial charge in [-0.1, -0.05) is 36.7 Å². The number of benzene rings is 2. The summed E-state index contributed by atoms with van der Waals surface area (Å²) in [4.78, 5) is 27.1. The highest BCUT2D eigenvalue weighted by molar-refractivity contribution is 7.99. The minimum atomic E-state index is -0.515. The van der Waals surface area contributed by atoms with E-state index in [0.717, 1.165) is 28.3 Å². The van der Waals surface area contributed by atoms with Gasteiger partial charge in [-0.15, -0.1) is 0 Å². The molecule has 1 aliphatic heterocycles. The molecule has 0 saturated carbocycles. The Kier molecular flexibility index (Phi) is 8.87. The number of rotatable bonds is 9. The first-order valence-electron chi connectivity index (χ1n) is 12.3. The van der Waals surface area contributed by atoms with Crippen molar-refractivity contribution < 1.29 is 23.8 Å². The fraction of sp³-hybridized carbons (Fsp3) is 0.379. The normalized spacial score (nSPS) is 19.3. The van der Waals surface area contributed by atoms with Crippen LogP contribution in [0.15, 0.2) is 65.0 Å². The zero-order valence-corrected chi connectivity index (χ0v) is 23.1. The number of hydrogen-bond acceptors (Lipinski definition) is 7. The van der Waals surface area contributed by atoms with Crippen molar-refractivity contribution in [3.63, 3.8) is 0 Å². The Labute approximate surface area is 227 Å². The Morgan fingerprint density at radius 1 is 1.05 bits per heavy atom. The molecule has 196 valence electrons. The predicted octanol–water partition coefficient (Wildman–Crippen LogP) is 6.02. The molecule has 2 atom stereocenters. The number of methoxy groups -OCH3 is 2. The lowest BCUT2D eigenvalue weighted by Gasteiger charge is -2.36. The first kappa shape index (κ1) is 27.1. The largest absolute Gasteiger partial charge is 0.493 e. The minimum Gasteiger partial charge on any atom is -0.493 e. The molecular weight excluding hydrogens is 510 g/mol. The number of hydrogen-bond donors (Lipinski definition) is 1. The monoisotopic (exact) mass is 541 g/mol. The van der Waals surface area contributed by atoms with Crippen LogP contribution in [-0.2, 0) is 14.3 Å². The molecule has 1 heterocycles. The summed E-state index contributed by atoms with van der Waals surface area (Å²) < 4.78 is 16.5. The molecule has 0 fully saturated rings. The van der Waals surface area contributed by atoms with E-state index in [-0.39, 0.29) is 11.7 Å². The highest BCUT2D eigenvalue weighted by atomic mass is 35.5. The van der Waals surface area contributed by atoms with Crippen LogP contribution >= 0.6 is 23.4 Å². The molecule has 1 aliphatic carbocycles. The lowest BCUT2D eigenvalue weighted by Crippen LogP contribution is -2.36. The van der Waals surface area contributed by atoms with Crippen LogP contribution in [0.5, 0.6) is 11.5 Å². The van der Waals surface area contributed by atoms with Gasteiger partial charge in [0.05, 0.1) is 19.8 Å². The molecule has 2 aliphatic rings. The molecule has 1 N–H and O–H groups in total. The van der Waals surface area contributed by atoms with E-state index in [0.29, 0.717) is 52.8 Å². The van der Waals surface area contributed by atoms with E-state index < -0.39 is 11.9 Å². The fourth-order valence-electron chi connectivity index (χ4n) is 5.06. The standard InChI is InChI=1S/C29H32ClNO5S/c1-5-37-13-12-36-29(33)26-17(2)31-22-14-20(19-8-11-24(34-3)25(16-19)35-4)15-23(32)28(22)27(26)18-6-9-21(30)10-7-18/h6-11,16,20,27,31H,5,12-15H2,1-4H3/t20-,27-/m0/s1. The molecule has 4 rings (SSSR count). The van der Waals surface area contributed by atoms with Gasteiger partial charge in [-0.2, -0.15) is 11.8 Å². The number of allylic oxidation sites excluding steroid dienone is 3. The summed E-state index contributed by atoms with van der Waals surface area (Å²) in [6.45, 7) is 4.26. The molecule has 0 aromatic heterocycles. The maximum absolute atomic E-state index is 13.8. The van der Waals surface area contributed by atoms with Gasteiger partial charge < -0.3 is 19.5 Å². The van der Waals surface area contributed by atoms with Crippen molar-refractivity contribution >= 4 is 35.1 Å². The van der Waals surface area contributed by atoms with E-state index in [1.165, 1.54) is 0 Å². The van der Waals surface area contributed by atoms with Crippen LogP contribution in [0.2, 0.25) is 5.02 Å². The SMILES string of the molecule is CCSCCOC(=O)C1=C(C)NC2=C(C(=O)C[C@@H](c3ccc(OC)c(OC)c3)C2)[C@H]1c1ccc(Cl)cc1. The Morgan fingerprint density at radius 3 is 2.43 bits per heavy atom. The number of thioether (sulfide) groups is 1. The van der Waals surface area contributed by atoms with Gasteiger partial charge in [0.25, 0.3) is 0 Å². The molecule has 2 aromatic rings. The second kappa shape index (κ2) is 12.1. The molecule has 6 nitrogen and oxygen atoms in total. The third-order valence-corrected chi connectivity index (χ3v) is 7.91. The Balaban J connectivity index is 1.70. The Hall–Kier alpha value is -2.90. The Morgan fingerprint density at radius 2 is 1.76 bits per heavy atom. The van der Waals surface area contributed by atoms with Gasteiger partial charge in [0.2, 0.25) is 0 Å². The van der Waals surface area contributed by atoms with E-state index in [2.05, 4.69) is 12.2 Å². The zero-order valence-electron chi connectivity index (χ0n) is 21.6. The van der Waals surface area contributed by atoms with Crippen molar-refractivity contribution in [2.24, 2.45) is 0 Å². The molecule has 0 saturated heterocycles. The van der Waals surface area contributed by atoms with Gasteiger partial charge in [0.1, 0.15) is 6.61 Å². The van der Waals surface area contributed by atoms with Crippen molar-refractivity contribution in [2.45, 2.75) is 38.5 Å². The van der Waals surface area contributed by atoms with Crippen molar-refractivity contribution in [3.05, 3.63) is 81.2 Å². The van der Waals surface area contributed by atoms with Gasteiger partial charge in [0, 0.05) is 40.1 Å². The minimum absolute atomic E-state index is 0.00724. The number of carbonyl (C=O) groups excluding carboxylic acids is 2. The van der Waals surface area contributed by atoms with E-state index in [4.69, 9.17) is 25.8 Å². The maximum atomic E-state index is 13.8. The molecule has 8 heteroatoms. The quantitative estimate of drug-likeness (QED) is 0.307. The number of ketones is 1. The molecule has 37 heavy (non-hydrogen) atoms. The van der Waals surface area contributed by atoms with Gasteiger partial charge >= 0.3 is 5.97 Å². The zero-order chi connectivity index (χ0) is 26.5. The van der Waals surface area contributed by atoms with Crippen LogP contribution in [0.25, 0.3) is 0 Å². The third kappa shape index (κ3) is 5.83. The van der Waals surface area contributed by atoms with Gasteiger partial charge in [0.15, 0.2) is 17.3 Å². The summed E-state index contributed by atoms with van der Waals surface area (Å²) in [5.41, 5.74) is 4.48. The van der Waals surface area contributed by atoms with Crippen molar-refractivity contribution in [3.8, 4) is 11.5 Å². The fourth-order valence-corrected chi connectivity index (χ4v) is 5.67. The smallest absolute Gasteiger partial charge is 0.336 e. The first-order chi connectivity index (χ1) is 17.9. The molecule has 0 bridgehead atoms. The van der Waals surface area contributed by atoms with Gasteiger partial charge in [-0.25, -0.2) is 4.79 Å². The highest BCUT2D eigenvalue weighted by Gasteiger charge is 2.41. The third-order valence-electron chi connectivity index (χ3n) is 6.79. The van der Waals surface area contributed by atoms with E-state index in [1.807, 2.05) is 37.3 Å². The number of nitrogens with one attached hydrogen (secondary N) is 1. The van der Waals surface area contributed by atoms with Gasteiger partial charge in [-0.3, -0.25) is 4.79 Å². The molecule has 0 radical (unpaired) electrons. The topological polar surface area (TPSA) is 73.9 Å². The summed E-state index contributed by atoms with van der Waals surface area (Å²) in [5, 5.41) is 3.99. The molecule has 0 spiro atoms. The first-order valence-corrected chi connectivity index (χ1v) is 13.9. The number of Topliss-reactive ketones (excluding diaryl/α,β-unsaturated/α-hetero) is 1. The summed E-state index contributed by atoms with van der Waals surface area (Å²) >= 11 is 7.87. The van der Waals surface area contributed by atoms with Crippen LogP contribution in [0, 0.1) is 0 Å². The van der Waals surface area contributed by atoms with Crippen molar-refractivity contribution in [1.82, 2.24) is 5.32 Å². The Bertz CT molecular complexity index is 1240. The second-order valence-corrected chi connectivity index (χ2v) is 10.8. The van der Waals surface area contributed by atoms with E-state index >= 15 is 0 Å².